The van der Waals surface area contributed by atoms with Crippen molar-refractivity contribution < 1.29 is 4.39 Å². The van der Waals surface area contributed by atoms with Crippen molar-refractivity contribution in [1.29, 1.82) is 0 Å². The molecule has 0 bridgehead atoms. The van der Waals surface area contributed by atoms with Gasteiger partial charge in [0, 0.05) is 12.7 Å². The fraction of sp³-hybridized carbons (Fsp3) is 0.538. The molecule has 1 aliphatic rings. The minimum Gasteiger partial charge on any atom is -0.388 e. The van der Waals surface area contributed by atoms with Gasteiger partial charge in [0.25, 0.3) is 0 Å². The molecular formula is C13H19FN2. The molecule has 0 unspecified atom stereocenters. The molecule has 0 radical (unpaired) electrons. The molecule has 0 aromatic heterocycles. The van der Waals surface area contributed by atoms with Gasteiger partial charge in [-0.05, 0) is 56.0 Å². The van der Waals surface area contributed by atoms with E-state index in [0.29, 0.717) is 5.92 Å². The number of hydrogen-bond acceptors (Lipinski definition) is 2. The molecular weight excluding hydrogens is 203 g/mol. The van der Waals surface area contributed by atoms with Crippen LogP contribution in [0, 0.1) is 11.7 Å². The van der Waals surface area contributed by atoms with Gasteiger partial charge in [-0.2, -0.15) is 0 Å². The Bertz CT molecular complexity index is 346. The van der Waals surface area contributed by atoms with Crippen LogP contribution in [0.2, 0.25) is 0 Å². The summed E-state index contributed by atoms with van der Waals surface area (Å²) in [4.78, 5) is 0. The fourth-order valence-corrected chi connectivity index (χ4v) is 2.27. The van der Waals surface area contributed by atoms with Crippen LogP contribution in [-0.4, -0.2) is 20.1 Å². The third-order valence-corrected chi connectivity index (χ3v) is 3.31. The Morgan fingerprint density at radius 1 is 1.38 bits per heavy atom. The Kier molecular flexibility index (Phi) is 3.78. The van der Waals surface area contributed by atoms with E-state index in [9.17, 15) is 4.39 Å². The van der Waals surface area contributed by atoms with Crippen molar-refractivity contribution in [1.82, 2.24) is 5.32 Å². The first-order valence-electron chi connectivity index (χ1n) is 5.96. The zero-order valence-corrected chi connectivity index (χ0v) is 9.72. The van der Waals surface area contributed by atoms with E-state index in [-0.39, 0.29) is 5.82 Å². The molecule has 1 fully saturated rings. The molecule has 0 spiro atoms. The van der Waals surface area contributed by atoms with E-state index in [4.69, 9.17) is 0 Å². The Balaban J connectivity index is 2.03. The van der Waals surface area contributed by atoms with Gasteiger partial charge in [-0.25, -0.2) is 4.39 Å². The summed E-state index contributed by atoms with van der Waals surface area (Å²) in [5.74, 6) is 0.557. The van der Waals surface area contributed by atoms with Gasteiger partial charge in [0.05, 0.1) is 0 Å². The van der Waals surface area contributed by atoms with Gasteiger partial charge >= 0.3 is 0 Å². The first kappa shape index (κ1) is 11.4. The zero-order chi connectivity index (χ0) is 11.4. The van der Waals surface area contributed by atoms with Crippen LogP contribution in [0.15, 0.2) is 18.2 Å². The molecule has 2 nitrogen and oxygen atoms in total. The van der Waals surface area contributed by atoms with Crippen LogP contribution in [0.3, 0.4) is 0 Å². The summed E-state index contributed by atoms with van der Waals surface area (Å²) < 4.78 is 13.7. The maximum Gasteiger partial charge on any atom is 0.128 e. The third-order valence-electron chi connectivity index (χ3n) is 3.31. The summed E-state index contributed by atoms with van der Waals surface area (Å²) in [7, 11) is 1.81. The lowest BCUT2D eigenvalue weighted by Gasteiger charge is -2.22. The maximum absolute atomic E-state index is 13.7. The van der Waals surface area contributed by atoms with Crippen LogP contribution in [0.25, 0.3) is 0 Å². The van der Waals surface area contributed by atoms with Crippen molar-refractivity contribution in [3.05, 3.63) is 29.6 Å². The zero-order valence-electron chi connectivity index (χ0n) is 9.72. The molecule has 2 N–H and O–H groups in total. The second-order valence-corrected chi connectivity index (χ2v) is 4.45. The van der Waals surface area contributed by atoms with Crippen LogP contribution < -0.4 is 10.6 Å². The van der Waals surface area contributed by atoms with E-state index in [1.807, 2.05) is 12.1 Å². The normalized spacial score (nSPS) is 17.4. The molecule has 0 amide bonds. The molecule has 0 aliphatic carbocycles. The van der Waals surface area contributed by atoms with Crippen LogP contribution in [0.1, 0.15) is 18.4 Å². The number of rotatable bonds is 3. The van der Waals surface area contributed by atoms with Crippen LogP contribution in [0.5, 0.6) is 0 Å². The Morgan fingerprint density at radius 2 is 2.12 bits per heavy atom. The van der Waals surface area contributed by atoms with E-state index >= 15 is 0 Å². The van der Waals surface area contributed by atoms with Crippen molar-refractivity contribution in [2.24, 2.45) is 5.92 Å². The predicted octanol–water partition coefficient (Wildman–Crippen LogP) is 2.41. The number of halogens is 1. The quantitative estimate of drug-likeness (QED) is 0.820. The standard InChI is InChI=1S/C13H19FN2/c1-15-12-3-2-11(13(14)9-12)8-10-4-6-16-7-5-10/h2-3,9-10,15-16H,4-8H2,1H3. The van der Waals surface area contributed by atoms with E-state index in [1.165, 1.54) is 0 Å². The number of piperidine rings is 1. The largest absolute Gasteiger partial charge is 0.388 e. The molecule has 88 valence electrons. The van der Waals surface area contributed by atoms with Crippen LogP contribution >= 0.6 is 0 Å². The van der Waals surface area contributed by atoms with E-state index in [1.54, 1.807) is 13.1 Å². The lowest BCUT2D eigenvalue weighted by molar-refractivity contribution is 0.368. The molecule has 1 aromatic carbocycles. The monoisotopic (exact) mass is 222 g/mol. The van der Waals surface area contributed by atoms with Gasteiger partial charge in [0.1, 0.15) is 5.82 Å². The summed E-state index contributed by atoms with van der Waals surface area (Å²) in [5, 5.41) is 6.28. The molecule has 0 saturated carbocycles. The highest BCUT2D eigenvalue weighted by Crippen LogP contribution is 2.21. The lowest BCUT2D eigenvalue weighted by Crippen LogP contribution is -2.28. The summed E-state index contributed by atoms with van der Waals surface area (Å²) in [6.07, 6.45) is 3.19. The van der Waals surface area contributed by atoms with Crippen LogP contribution in [-0.2, 0) is 6.42 Å². The molecule has 2 rings (SSSR count). The fourth-order valence-electron chi connectivity index (χ4n) is 2.27. The number of anilines is 1. The molecule has 0 atom stereocenters. The molecule has 1 saturated heterocycles. The second-order valence-electron chi connectivity index (χ2n) is 4.45. The van der Waals surface area contributed by atoms with Crippen molar-refractivity contribution in [2.75, 3.05) is 25.5 Å². The molecule has 1 heterocycles. The average Bonchev–Trinajstić information content (AvgIpc) is 2.33. The van der Waals surface area contributed by atoms with E-state index in [0.717, 1.165) is 43.6 Å². The Labute approximate surface area is 96.2 Å². The third kappa shape index (κ3) is 2.73. The van der Waals surface area contributed by atoms with Crippen LogP contribution in [0.4, 0.5) is 10.1 Å². The van der Waals surface area contributed by atoms with Gasteiger partial charge in [0.2, 0.25) is 0 Å². The first-order chi connectivity index (χ1) is 7.79. The smallest absolute Gasteiger partial charge is 0.128 e. The topological polar surface area (TPSA) is 24.1 Å². The Hall–Kier alpha value is -1.09. The highest BCUT2D eigenvalue weighted by molar-refractivity contribution is 5.44. The lowest BCUT2D eigenvalue weighted by atomic mass is 9.91. The molecule has 16 heavy (non-hydrogen) atoms. The molecule has 3 heteroatoms. The van der Waals surface area contributed by atoms with Crippen molar-refractivity contribution in [3.8, 4) is 0 Å². The first-order valence-corrected chi connectivity index (χ1v) is 5.96. The Morgan fingerprint density at radius 3 is 2.75 bits per heavy atom. The van der Waals surface area contributed by atoms with Gasteiger partial charge in [-0.3, -0.25) is 0 Å². The highest BCUT2D eigenvalue weighted by atomic mass is 19.1. The number of nitrogens with one attached hydrogen (secondary N) is 2. The van der Waals surface area contributed by atoms with Gasteiger partial charge < -0.3 is 10.6 Å². The summed E-state index contributed by atoms with van der Waals surface area (Å²) in [6, 6.07) is 5.43. The van der Waals surface area contributed by atoms with Gasteiger partial charge in [0.15, 0.2) is 0 Å². The summed E-state index contributed by atoms with van der Waals surface area (Å²) in [6.45, 7) is 2.14. The number of benzene rings is 1. The van der Waals surface area contributed by atoms with Crippen molar-refractivity contribution in [3.63, 3.8) is 0 Å². The minimum absolute atomic E-state index is 0.0783. The molecule has 1 aromatic rings. The molecule has 1 aliphatic heterocycles. The van der Waals surface area contributed by atoms with Crippen molar-refractivity contribution >= 4 is 5.69 Å². The minimum atomic E-state index is -0.0783. The summed E-state index contributed by atoms with van der Waals surface area (Å²) >= 11 is 0. The summed E-state index contributed by atoms with van der Waals surface area (Å²) in [5.41, 5.74) is 1.69. The average molecular weight is 222 g/mol. The predicted molar refractivity (Wildman–Crippen MR) is 65.2 cm³/mol. The number of hydrogen-bond donors (Lipinski definition) is 2. The van der Waals surface area contributed by atoms with Gasteiger partial charge in [-0.1, -0.05) is 6.07 Å². The second kappa shape index (κ2) is 5.30. The van der Waals surface area contributed by atoms with E-state index < -0.39 is 0 Å². The van der Waals surface area contributed by atoms with Crippen molar-refractivity contribution in [2.45, 2.75) is 19.3 Å². The van der Waals surface area contributed by atoms with Gasteiger partial charge in [-0.15, -0.1) is 0 Å². The SMILES string of the molecule is CNc1ccc(CC2CCNCC2)c(F)c1. The maximum atomic E-state index is 13.7. The van der Waals surface area contributed by atoms with E-state index in [2.05, 4.69) is 10.6 Å². The highest BCUT2D eigenvalue weighted by Gasteiger charge is 2.15.